The van der Waals surface area contributed by atoms with E-state index in [0.717, 1.165) is 0 Å². The maximum Gasteiger partial charge on any atom is 0.295 e. The molecule has 2 aromatic carbocycles. The van der Waals surface area contributed by atoms with Crippen molar-refractivity contribution in [3.8, 4) is 5.75 Å². The van der Waals surface area contributed by atoms with Crippen LogP contribution in [0.5, 0.6) is 5.75 Å². The molecule has 1 fully saturated rings. The number of rotatable bonds is 7. The predicted molar refractivity (Wildman–Crippen MR) is 122 cm³/mol. The summed E-state index contributed by atoms with van der Waals surface area (Å²) in [4.78, 5) is 29.3. The number of amides is 1. The second-order valence-corrected chi connectivity index (χ2v) is 8.27. The number of hydrogen-bond acceptors (Lipinski definition) is 5. The van der Waals surface area contributed by atoms with Crippen molar-refractivity contribution in [1.29, 1.82) is 0 Å². The second kappa shape index (κ2) is 9.73. The summed E-state index contributed by atoms with van der Waals surface area (Å²) < 4.78 is 5.50. The topological polar surface area (TPSA) is 70.1 Å². The van der Waals surface area contributed by atoms with Crippen LogP contribution in [0.2, 0.25) is 10.0 Å². The van der Waals surface area contributed by atoms with Gasteiger partial charge in [0.1, 0.15) is 11.5 Å². The molecule has 0 spiro atoms. The molecule has 1 N–H and O–H groups in total. The van der Waals surface area contributed by atoms with E-state index < -0.39 is 17.7 Å². The standard InChI is InChI=1S/C23H24Cl2N2O4/c1-4-31-18-13-15(7-10-17(18)25)21(28)19-20(14-5-8-16(24)9-6-14)27(12-11-26(2)3)23(30)22(19)29/h5-10,13,20,28H,4,11-12H2,1-3H3/b21-19-. The third kappa shape index (κ3) is 4.87. The zero-order valence-corrected chi connectivity index (χ0v) is 19.1. The molecule has 1 aliphatic heterocycles. The summed E-state index contributed by atoms with van der Waals surface area (Å²) in [6, 6.07) is 10.9. The van der Waals surface area contributed by atoms with Crippen LogP contribution in [0.1, 0.15) is 24.1 Å². The van der Waals surface area contributed by atoms with Gasteiger partial charge in [-0.15, -0.1) is 0 Å². The Bertz CT molecular complexity index is 1020. The third-order valence-electron chi connectivity index (χ3n) is 5.02. The van der Waals surface area contributed by atoms with E-state index in [9.17, 15) is 14.7 Å². The number of aliphatic hydroxyl groups is 1. The van der Waals surface area contributed by atoms with Crippen molar-refractivity contribution in [2.75, 3.05) is 33.8 Å². The first-order valence-electron chi connectivity index (χ1n) is 9.86. The number of carbonyl (C=O) groups is 2. The zero-order chi connectivity index (χ0) is 22.7. The van der Waals surface area contributed by atoms with Crippen LogP contribution in [-0.2, 0) is 9.59 Å². The van der Waals surface area contributed by atoms with Gasteiger partial charge in [0.05, 0.1) is 23.2 Å². The number of ketones is 1. The van der Waals surface area contributed by atoms with E-state index in [1.165, 1.54) is 4.90 Å². The molecular formula is C23H24Cl2N2O4. The van der Waals surface area contributed by atoms with E-state index in [1.807, 2.05) is 25.9 Å². The summed E-state index contributed by atoms with van der Waals surface area (Å²) in [6.45, 7) is 3.10. The Labute approximate surface area is 191 Å². The first-order chi connectivity index (χ1) is 14.7. The minimum Gasteiger partial charge on any atom is -0.507 e. The van der Waals surface area contributed by atoms with Gasteiger partial charge in [0.15, 0.2) is 0 Å². The lowest BCUT2D eigenvalue weighted by atomic mass is 9.95. The molecule has 2 aromatic rings. The minimum atomic E-state index is -0.733. The van der Waals surface area contributed by atoms with Crippen molar-refractivity contribution in [3.05, 3.63) is 69.2 Å². The number of carbonyl (C=O) groups excluding carboxylic acids is 2. The van der Waals surface area contributed by atoms with Crippen LogP contribution in [0.25, 0.3) is 5.76 Å². The minimum absolute atomic E-state index is 0.0239. The summed E-state index contributed by atoms with van der Waals surface area (Å²) in [5.41, 5.74) is 1.05. The molecule has 0 saturated carbocycles. The average molecular weight is 463 g/mol. The van der Waals surface area contributed by atoms with E-state index in [2.05, 4.69) is 0 Å². The van der Waals surface area contributed by atoms with Crippen molar-refractivity contribution in [1.82, 2.24) is 9.80 Å². The molecule has 0 aromatic heterocycles. The van der Waals surface area contributed by atoms with Crippen LogP contribution >= 0.6 is 23.2 Å². The van der Waals surface area contributed by atoms with Crippen LogP contribution in [-0.4, -0.2) is 60.4 Å². The fraction of sp³-hybridized carbons (Fsp3) is 0.304. The number of nitrogens with zero attached hydrogens (tertiary/aromatic N) is 2. The number of aliphatic hydroxyl groups excluding tert-OH is 1. The molecule has 31 heavy (non-hydrogen) atoms. The van der Waals surface area contributed by atoms with E-state index >= 15 is 0 Å². The molecule has 0 bridgehead atoms. The number of hydrogen-bond donors (Lipinski definition) is 1. The molecule has 1 heterocycles. The van der Waals surface area contributed by atoms with Crippen molar-refractivity contribution < 1.29 is 19.4 Å². The van der Waals surface area contributed by atoms with Crippen LogP contribution in [0.4, 0.5) is 0 Å². The van der Waals surface area contributed by atoms with Gasteiger partial charge in [-0.05, 0) is 56.9 Å². The molecule has 6 nitrogen and oxygen atoms in total. The monoisotopic (exact) mass is 462 g/mol. The normalized spacial score (nSPS) is 18.1. The Hall–Kier alpha value is -2.54. The fourth-order valence-corrected chi connectivity index (χ4v) is 3.78. The molecule has 1 aliphatic rings. The van der Waals surface area contributed by atoms with Crippen molar-refractivity contribution in [3.63, 3.8) is 0 Å². The summed E-state index contributed by atoms with van der Waals surface area (Å²) in [5.74, 6) is -1.27. The van der Waals surface area contributed by atoms with Gasteiger partial charge >= 0.3 is 0 Å². The molecule has 1 unspecified atom stereocenters. The Morgan fingerprint density at radius 2 is 1.81 bits per heavy atom. The van der Waals surface area contributed by atoms with Gasteiger partial charge in [0, 0.05) is 23.7 Å². The van der Waals surface area contributed by atoms with E-state index in [1.54, 1.807) is 42.5 Å². The number of ether oxygens (including phenoxy) is 1. The summed E-state index contributed by atoms with van der Waals surface area (Å²) >= 11 is 12.2. The highest BCUT2D eigenvalue weighted by Crippen LogP contribution is 2.40. The Morgan fingerprint density at radius 1 is 1.13 bits per heavy atom. The summed E-state index contributed by atoms with van der Waals surface area (Å²) in [5, 5.41) is 12.0. The molecule has 1 amide bonds. The van der Waals surface area contributed by atoms with Crippen LogP contribution in [0.15, 0.2) is 48.0 Å². The van der Waals surface area contributed by atoms with Crippen molar-refractivity contribution in [2.24, 2.45) is 0 Å². The first kappa shape index (κ1) is 23.1. The second-order valence-electron chi connectivity index (χ2n) is 7.43. The number of halogens is 2. The van der Waals surface area contributed by atoms with E-state index in [4.69, 9.17) is 27.9 Å². The van der Waals surface area contributed by atoms with Gasteiger partial charge < -0.3 is 19.6 Å². The Morgan fingerprint density at radius 3 is 2.42 bits per heavy atom. The quantitative estimate of drug-likeness (QED) is 0.375. The number of Topliss-reactive ketones (excluding diaryl/α,β-unsaturated/α-hetero) is 1. The first-order valence-corrected chi connectivity index (χ1v) is 10.6. The fourth-order valence-electron chi connectivity index (χ4n) is 3.48. The van der Waals surface area contributed by atoms with Gasteiger partial charge in [-0.3, -0.25) is 9.59 Å². The van der Waals surface area contributed by atoms with Crippen molar-refractivity contribution >= 4 is 40.7 Å². The number of likely N-dealkylation sites (tertiary alicyclic amines) is 1. The summed E-state index contributed by atoms with van der Waals surface area (Å²) in [6.07, 6.45) is 0. The molecule has 0 radical (unpaired) electrons. The van der Waals surface area contributed by atoms with Gasteiger partial charge in [-0.2, -0.15) is 0 Å². The van der Waals surface area contributed by atoms with Gasteiger partial charge in [0.25, 0.3) is 11.7 Å². The number of benzene rings is 2. The molecule has 164 valence electrons. The predicted octanol–water partition coefficient (Wildman–Crippen LogP) is 4.38. The highest BCUT2D eigenvalue weighted by Gasteiger charge is 2.45. The zero-order valence-electron chi connectivity index (χ0n) is 17.6. The lowest BCUT2D eigenvalue weighted by Gasteiger charge is -2.26. The van der Waals surface area contributed by atoms with E-state index in [-0.39, 0.29) is 11.3 Å². The third-order valence-corrected chi connectivity index (χ3v) is 5.58. The average Bonchev–Trinajstić information content (AvgIpc) is 2.98. The van der Waals surface area contributed by atoms with Gasteiger partial charge in [-0.25, -0.2) is 0 Å². The van der Waals surface area contributed by atoms with Crippen LogP contribution in [0, 0.1) is 0 Å². The number of likely N-dealkylation sites (N-methyl/N-ethyl adjacent to an activating group) is 1. The summed E-state index contributed by atoms with van der Waals surface area (Å²) in [7, 11) is 3.77. The molecule has 1 atom stereocenters. The maximum absolute atomic E-state index is 13.0. The molecule has 3 rings (SSSR count). The molecule has 8 heteroatoms. The SMILES string of the molecule is CCOc1cc(/C(O)=C2/C(=O)C(=O)N(CCN(C)C)C2c2ccc(Cl)cc2)ccc1Cl. The lowest BCUT2D eigenvalue weighted by molar-refractivity contribution is -0.140. The van der Waals surface area contributed by atoms with Gasteiger partial charge in [-0.1, -0.05) is 35.3 Å². The smallest absolute Gasteiger partial charge is 0.295 e. The largest absolute Gasteiger partial charge is 0.507 e. The Kier molecular flexibility index (Phi) is 7.26. The maximum atomic E-state index is 13.0. The van der Waals surface area contributed by atoms with Crippen molar-refractivity contribution in [2.45, 2.75) is 13.0 Å². The Balaban J connectivity index is 2.14. The van der Waals surface area contributed by atoms with Gasteiger partial charge in [0.2, 0.25) is 0 Å². The van der Waals surface area contributed by atoms with Crippen LogP contribution in [0.3, 0.4) is 0 Å². The molecule has 0 aliphatic carbocycles. The van der Waals surface area contributed by atoms with E-state index in [0.29, 0.717) is 46.6 Å². The molecular weight excluding hydrogens is 439 g/mol. The molecule has 1 saturated heterocycles. The van der Waals surface area contributed by atoms with Crippen LogP contribution < -0.4 is 4.74 Å². The highest BCUT2D eigenvalue weighted by molar-refractivity contribution is 6.46. The highest BCUT2D eigenvalue weighted by atomic mass is 35.5. The lowest BCUT2D eigenvalue weighted by Crippen LogP contribution is -2.35.